The van der Waals surface area contributed by atoms with E-state index in [9.17, 15) is 4.79 Å². The van der Waals surface area contributed by atoms with Crippen LogP contribution in [0, 0.1) is 11.3 Å². The average molecular weight is 229 g/mol. The Bertz CT molecular complexity index is 444. The summed E-state index contributed by atoms with van der Waals surface area (Å²) in [5.74, 6) is 0.107. The molecular formula is C13H15N3O. The van der Waals surface area contributed by atoms with Gasteiger partial charge in [0.05, 0.1) is 17.8 Å². The summed E-state index contributed by atoms with van der Waals surface area (Å²) in [5, 5.41) is 11.9. The van der Waals surface area contributed by atoms with Crippen LogP contribution >= 0.6 is 0 Å². The first-order valence-electron chi connectivity index (χ1n) is 5.82. The van der Waals surface area contributed by atoms with Crippen LogP contribution in [0.15, 0.2) is 24.3 Å². The first kappa shape index (κ1) is 11.5. The lowest BCUT2D eigenvalue weighted by molar-refractivity contribution is -0.128. The highest BCUT2D eigenvalue weighted by Crippen LogP contribution is 2.14. The van der Waals surface area contributed by atoms with Crippen LogP contribution in [0.2, 0.25) is 0 Å². The van der Waals surface area contributed by atoms with Gasteiger partial charge in [0.25, 0.3) is 0 Å². The van der Waals surface area contributed by atoms with Crippen LogP contribution in [0.25, 0.3) is 0 Å². The zero-order valence-corrected chi connectivity index (χ0v) is 9.65. The summed E-state index contributed by atoms with van der Waals surface area (Å²) in [6.07, 6.45) is 2.20. The van der Waals surface area contributed by atoms with Crippen LogP contribution < -0.4 is 5.32 Å². The summed E-state index contributed by atoms with van der Waals surface area (Å²) in [7, 11) is 0. The van der Waals surface area contributed by atoms with E-state index in [1.807, 2.05) is 23.1 Å². The van der Waals surface area contributed by atoms with Gasteiger partial charge < -0.3 is 10.2 Å². The molecule has 1 aromatic rings. The lowest BCUT2D eigenvalue weighted by Crippen LogP contribution is -2.33. The zero-order chi connectivity index (χ0) is 12.1. The first-order chi connectivity index (χ1) is 8.31. The minimum Gasteiger partial charge on any atom is -0.375 e. The molecule has 0 aliphatic carbocycles. The van der Waals surface area contributed by atoms with Crippen molar-refractivity contribution >= 4 is 11.6 Å². The average Bonchev–Trinajstić information content (AvgIpc) is 2.90. The number of nitrogens with one attached hydrogen (secondary N) is 1. The Morgan fingerprint density at radius 2 is 2.06 bits per heavy atom. The molecule has 4 nitrogen and oxygen atoms in total. The minimum absolute atomic E-state index is 0.107. The first-order valence-corrected chi connectivity index (χ1v) is 5.82. The lowest BCUT2D eigenvalue weighted by Gasteiger charge is -2.16. The number of hydrogen-bond donors (Lipinski definition) is 1. The van der Waals surface area contributed by atoms with E-state index in [2.05, 4.69) is 11.4 Å². The Labute approximate surface area is 101 Å². The number of rotatable bonds is 3. The van der Waals surface area contributed by atoms with Crippen molar-refractivity contribution in [2.45, 2.75) is 12.8 Å². The van der Waals surface area contributed by atoms with Crippen molar-refractivity contribution in [2.24, 2.45) is 0 Å². The molecule has 1 saturated heterocycles. The topological polar surface area (TPSA) is 56.1 Å². The molecule has 0 unspecified atom stereocenters. The van der Waals surface area contributed by atoms with Crippen molar-refractivity contribution in [3.63, 3.8) is 0 Å². The molecule has 1 heterocycles. The normalized spacial score (nSPS) is 14.4. The summed E-state index contributed by atoms with van der Waals surface area (Å²) in [6, 6.07) is 9.32. The van der Waals surface area contributed by atoms with E-state index >= 15 is 0 Å². The van der Waals surface area contributed by atoms with Gasteiger partial charge in [-0.3, -0.25) is 4.79 Å². The Morgan fingerprint density at radius 1 is 1.35 bits per heavy atom. The van der Waals surface area contributed by atoms with E-state index in [-0.39, 0.29) is 12.5 Å². The summed E-state index contributed by atoms with van der Waals surface area (Å²) in [5.41, 5.74) is 1.30. The number of likely N-dealkylation sites (tertiary alicyclic amines) is 1. The number of para-hydroxylation sites is 1. The molecule has 1 N–H and O–H groups in total. The number of carbonyl (C=O) groups excluding carboxylic acids is 1. The van der Waals surface area contributed by atoms with Gasteiger partial charge in [-0.25, -0.2) is 0 Å². The summed E-state index contributed by atoms with van der Waals surface area (Å²) < 4.78 is 0. The third-order valence-electron chi connectivity index (χ3n) is 2.94. The maximum Gasteiger partial charge on any atom is 0.241 e. The zero-order valence-electron chi connectivity index (χ0n) is 9.65. The summed E-state index contributed by atoms with van der Waals surface area (Å²) >= 11 is 0. The maximum absolute atomic E-state index is 11.8. The molecule has 0 bridgehead atoms. The molecule has 1 aliphatic rings. The summed E-state index contributed by atoms with van der Waals surface area (Å²) in [6.45, 7) is 1.99. The van der Waals surface area contributed by atoms with Gasteiger partial charge in [-0.15, -0.1) is 0 Å². The number of benzene rings is 1. The quantitative estimate of drug-likeness (QED) is 0.856. The lowest BCUT2D eigenvalue weighted by atomic mass is 10.2. The number of amides is 1. The second-order valence-corrected chi connectivity index (χ2v) is 4.10. The number of nitrogens with zero attached hydrogens (tertiary/aromatic N) is 2. The molecule has 2 rings (SSSR count). The standard InChI is InChI=1S/C13H15N3O/c14-9-11-5-1-2-6-12(11)15-10-13(17)16-7-3-4-8-16/h1-2,5-6,15H,3-4,7-8,10H2. The molecule has 4 heteroatoms. The fourth-order valence-corrected chi connectivity index (χ4v) is 1.98. The highest BCUT2D eigenvalue weighted by atomic mass is 16.2. The van der Waals surface area contributed by atoms with Crippen molar-refractivity contribution in [2.75, 3.05) is 25.0 Å². The van der Waals surface area contributed by atoms with Crippen LogP contribution in [0.4, 0.5) is 5.69 Å². The molecule has 1 amide bonds. The van der Waals surface area contributed by atoms with Gasteiger partial charge >= 0.3 is 0 Å². The van der Waals surface area contributed by atoms with Crippen LogP contribution in [0.1, 0.15) is 18.4 Å². The van der Waals surface area contributed by atoms with Crippen molar-refractivity contribution in [3.8, 4) is 6.07 Å². The minimum atomic E-state index is 0.107. The van der Waals surface area contributed by atoms with Crippen LogP contribution in [0.5, 0.6) is 0 Å². The third-order valence-corrected chi connectivity index (χ3v) is 2.94. The molecule has 1 aromatic carbocycles. The molecule has 88 valence electrons. The van der Waals surface area contributed by atoms with Crippen molar-refractivity contribution in [1.29, 1.82) is 5.26 Å². The Kier molecular flexibility index (Phi) is 3.61. The summed E-state index contributed by atoms with van der Waals surface area (Å²) in [4.78, 5) is 13.7. The predicted octanol–water partition coefficient (Wildman–Crippen LogP) is 1.59. The second-order valence-electron chi connectivity index (χ2n) is 4.10. The van der Waals surface area contributed by atoms with Crippen molar-refractivity contribution < 1.29 is 4.79 Å². The Hall–Kier alpha value is -2.02. The van der Waals surface area contributed by atoms with Crippen molar-refractivity contribution in [3.05, 3.63) is 29.8 Å². The molecule has 0 atom stereocenters. The molecule has 0 saturated carbocycles. The fourth-order valence-electron chi connectivity index (χ4n) is 1.98. The molecule has 0 radical (unpaired) electrons. The SMILES string of the molecule is N#Cc1ccccc1NCC(=O)N1CCCC1. The van der Waals surface area contributed by atoms with E-state index in [0.717, 1.165) is 31.6 Å². The van der Waals surface area contributed by atoms with Gasteiger partial charge in [0, 0.05) is 13.1 Å². The third kappa shape index (κ3) is 2.76. The van der Waals surface area contributed by atoms with E-state index < -0.39 is 0 Å². The molecule has 17 heavy (non-hydrogen) atoms. The fraction of sp³-hybridized carbons (Fsp3) is 0.385. The molecule has 0 spiro atoms. The number of hydrogen-bond acceptors (Lipinski definition) is 3. The Balaban J connectivity index is 1.93. The van der Waals surface area contributed by atoms with E-state index in [4.69, 9.17) is 5.26 Å². The smallest absolute Gasteiger partial charge is 0.241 e. The number of nitriles is 1. The monoisotopic (exact) mass is 229 g/mol. The van der Waals surface area contributed by atoms with Gasteiger partial charge in [-0.2, -0.15) is 5.26 Å². The second kappa shape index (κ2) is 5.35. The van der Waals surface area contributed by atoms with Crippen molar-refractivity contribution in [1.82, 2.24) is 4.90 Å². The predicted molar refractivity (Wildman–Crippen MR) is 65.5 cm³/mol. The highest BCUT2D eigenvalue weighted by Gasteiger charge is 2.17. The van der Waals surface area contributed by atoms with E-state index in [0.29, 0.717) is 5.56 Å². The molecule has 1 aliphatic heterocycles. The maximum atomic E-state index is 11.8. The van der Waals surface area contributed by atoms with Crippen LogP contribution in [0.3, 0.4) is 0 Å². The Morgan fingerprint density at radius 3 is 2.76 bits per heavy atom. The van der Waals surface area contributed by atoms with Gasteiger partial charge in [0.15, 0.2) is 0 Å². The molecule has 1 fully saturated rings. The van der Waals surface area contributed by atoms with Gasteiger partial charge in [0.2, 0.25) is 5.91 Å². The largest absolute Gasteiger partial charge is 0.375 e. The number of anilines is 1. The highest BCUT2D eigenvalue weighted by molar-refractivity contribution is 5.81. The van der Waals surface area contributed by atoms with E-state index in [1.165, 1.54) is 0 Å². The molecular weight excluding hydrogens is 214 g/mol. The van der Waals surface area contributed by atoms with Crippen LogP contribution in [-0.4, -0.2) is 30.4 Å². The van der Waals surface area contributed by atoms with Crippen LogP contribution in [-0.2, 0) is 4.79 Å². The molecule has 0 aromatic heterocycles. The number of carbonyl (C=O) groups is 1. The van der Waals surface area contributed by atoms with Gasteiger partial charge in [0.1, 0.15) is 6.07 Å². The van der Waals surface area contributed by atoms with Gasteiger partial charge in [-0.05, 0) is 25.0 Å². The van der Waals surface area contributed by atoms with E-state index in [1.54, 1.807) is 6.07 Å². The van der Waals surface area contributed by atoms with Gasteiger partial charge in [-0.1, -0.05) is 12.1 Å².